The summed E-state index contributed by atoms with van der Waals surface area (Å²) in [4.78, 5) is 14.8. The molecule has 2 atom stereocenters. The third-order valence-electron chi connectivity index (χ3n) is 4.56. The van der Waals surface area contributed by atoms with Crippen LogP contribution in [-0.4, -0.2) is 36.0 Å². The monoisotopic (exact) mass is 406 g/mol. The first kappa shape index (κ1) is 18.1. The molecule has 6 heteroatoms. The topological polar surface area (TPSA) is 32.3 Å². The fraction of sp³-hybridized carbons (Fsp3) is 0.562. The Morgan fingerprint density at radius 3 is 2.91 bits per heavy atom. The summed E-state index contributed by atoms with van der Waals surface area (Å²) in [6, 6.07) is 6.59. The van der Waals surface area contributed by atoms with Crippen molar-refractivity contribution in [2.45, 2.75) is 44.2 Å². The molecule has 2 bridgehead atoms. The lowest BCUT2D eigenvalue weighted by molar-refractivity contribution is -0.133. The Morgan fingerprint density at radius 2 is 2.09 bits per heavy atom. The van der Waals surface area contributed by atoms with Crippen molar-refractivity contribution in [2.75, 3.05) is 13.1 Å². The quantitative estimate of drug-likeness (QED) is 0.826. The molecular formula is C16H21BrCl2N2O. The van der Waals surface area contributed by atoms with Gasteiger partial charge in [0.15, 0.2) is 0 Å². The Hall–Kier alpha value is -0.290. The van der Waals surface area contributed by atoms with Gasteiger partial charge < -0.3 is 10.2 Å². The van der Waals surface area contributed by atoms with Crippen LogP contribution >= 0.6 is 39.9 Å². The third kappa shape index (κ3) is 3.97. The summed E-state index contributed by atoms with van der Waals surface area (Å²) < 4.78 is 1.03. The van der Waals surface area contributed by atoms with E-state index in [9.17, 15) is 4.79 Å². The highest BCUT2D eigenvalue weighted by Crippen LogP contribution is 2.29. The van der Waals surface area contributed by atoms with Gasteiger partial charge >= 0.3 is 0 Å². The minimum atomic E-state index is 0. The van der Waals surface area contributed by atoms with Crippen molar-refractivity contribution in [1.29, 1.82) is 0 Å². The summed E-state index contributed by atoms with van der Waals surface area (Å²) in [6.45, 7) is 1.98. The van der Waals surface area contributed by atoms with E-state index < -0.39 is 0 Å². The van der Waals surface area contributed by atoms with Crippen LogP contribution < -0.4 is 5.32 Å². The predicted octanol–water partition coefficient (Wildman–Crippen LogP) is 3.81. The fourth-order valence-corrected chi connectivity index (χ4v) is 4.13. The number of aryl methyl sites for hydroxylation is 1. The number of hydrogen-bond acceptors (Lipinski definition) is 2. The van der Waals surface area contributed by atoms with Gasteiger partial charge in [0.1, 0.15) is 0 Å². The highest BCUT2D eigenvalue weighted by Gasteiger charge is 2.37. The molecule has 0 saturated carbocycles. The molecule has 22 heavy (non-hydrogen) atoms. The summed E-state index contributed by atoms with van der Waals surface area (Å²) >= 11 is 9.57. The molecule has 0 spiro atoms. The lowest BCUT2D eigenvalue weighted by Crippen LogP contribution is -2.42. The highest BCUT2D eigenvalue weighted by molar-refractivity contribution is 9.10. The van der Waals surface area contributed by atoms with Crippen LogP contribution in [0, 0.1) is 0 Å². The van der Waals surface area contributed by atoms with Gasteiger partial charge in [0, 0.05) is 34.5 Å². The van der Waals surface area contributed by atoms with Crippen LogP contribution in [0.3, 0.4) is 0 Å². The molecule has 122 valence electrons. The SMILES string of the molecule is Cl.O=C(CCc1cc(Cl)ccc1Br)N1C2CCNCC1CC2. The van der Waals surface area contributed by atoms with Crippen molar-refractivity contribution in [3.05, 3.63) is 33.3 Å². The maximum Gasteiger partial charge on any atom is 0.223 e. The number of nitrogens with one attached hydrogen (secondary N) is 1. The van der Waals surface area contributed by atoms with Crippen molar-refractivity contribution in [3.8, 4) is 0 Å². The Balaban J connectivity index is 0.00000176. The van der Waals surface area contributed by atoms with Gasteiger partial charge in [-0.05, 0) is 56.0 Å². The molecule has 3 rings (SSSR count). The standard InChI is InChI=1S/C16H20BrClN2O.ClH/c17-15-5-2-12(18)9-11(15)1-6-16(21)20-13-3-4-14(20)10-19-8-7-13;/h2,5,9,13-14,19H,1,3-4,6-8,10H2;1H. The zero-order valence-electron chi connectivity index (χ0n) is 12.4. The molecule has 0 aliphatic carbocycles. The first-order valence-corrected chi connectivity index (χ1v) is 8.78. The van der Waals surface area contributed by atoms with E-state index in [1.165, 1.54) is 6.42 Å². The molecule has 3 nitrogen and oxygen atoms in total. The molecule has 1 aromatic rings. The van der Waals surface area contributed by atoms with Gasteiger partial charge in [-0.2, -0.15) is 0 Å². The molecule has 0 radical (unpaired) electrons. The van der Waals surface area contributed by atoms with E-state index in [-0.39, 0.29) is 18.3 Å². The summed E-state index contributed by atoms with van der Waals surface area (Å²) in [7, 11) is 0. The smallest absolute Gasteiger partial charge is 0.223 e. The molecule has 2 fully saturated rings. The van der Waals surface area contributed by atoms with Crippen LogP contribution in [0.4, 0.5) is 0 Å². The maximum absolute atomic E-state index is 12.6. The molecule has 2 aliphatic heterocycles. The van der Waals surface area contributed by atoms with Crippen LogP contribution in [0.15, 0.2) is 22.7 Å². The van der Waals surface area contributed by atoms with E-state index in [1.54, 1.807) is 0 Å². The van der Waals surface area contributed by atoms with E-state index in [1.807, 2.05) is 18.2 Å². The van der Waals surface area contributed by atoms with Gasteiger partial charge in [0.05, 0.1) is 0 Å². The minimum absolute atomic E-state index is 0. The maximum atomic E-state index is 12.6. The molecule has 0 aromatic heterocycles. The van der Waals surface area contributed by atoms with E-state index in [4.69, 9.17) is 11.6 Å². The normalized spacial score (nSPS) is 23.8. The van der Waals surface area contributed by atoms with Gasteiger partial charge in [0.2, 0.25) is 5.91 Å². The number of hydrogen-bond donors (Lipinski definition) is 1. The molecule has 2 aliphatic rings. The molecular weight excluding hydrogens is 387 g/mol. The average Bonchev–Trinajstić information content (AvgIpc) is 2.73. The van der Waals surface area contributed by atoms with Crippen molar-refractivity contribution < 1.29 is 4.79 Å². The van der Waals surface area contributed by atoms with Crippen LogP contribution in [-0.2, 0) is 11.2 Å². The van der Waals surface area contributed by atoms with Crippen molar-refractivity contribution in [1.82, 2.24) is 10.2 Å². The van der Waals surface area contributed by atoms with Gasteiger partial charge in [-0.3, -0.25) is 4.79 Å². The zero-order chi connectivity index (χ0) is 14.8. The van der Waals surface area contributed by atoms with Crippen LogP contribution in [0.25, 0.3) is 0 Å². The van der Waals surface area contributed by atoms with Gasteiger partial charge in [-0.25, -0.2) is 0 Å². The predicted molar refractivity (Wildman–Crippen MR) is 95.9 cm³/mol. The van der Waals surface area contributed by atoms with E-state index in [0.29, 0.717) is 18.5 Å². The van der Waals surface area contributed by atoms with E-state index in [0.717, 1.165) is 47.4 Å². The largest absolute Gasteiger partial charge is 0.335 e. The van der Waals surface area contributed by atoms with Crippen molar-refractivity contribution >= 4 is 45.8 Å². The number of halogens is 3. The fourth-order valence-electron chi connectivity index (χ4n) is 3.50. The highest BCUT2D eigenvalue weighted by atomic mass is 79.9. The summed E-state index contributed by atoms with van der Waals surface area (Å²) in [5.41, 5.74) is 1.11. The van der Waals surface area contributed by atoms with Crippen LogP contribution in [0.1, 0.15) is 31.2 Å². The lowest BCUT2D eigenvalue weighted by atomic mass is 10.1. The Morgan fingerprint density at radius 1 is 1.32 bits per heavy atom. The second-order valence-electron chi connectivity index (χ2n) is 5.91. The molecule has 2 unspecified atom stereocenters. The Kier molecular flexibility index (Phi) is 6.57. The Bertz CT molecular complexity index is 527. The summed E-state index contributed by atoms with van der Waals surface area (Å²) in [5.74, 6) is 0.290. The average molecular weight is 408 g/mol. The van der Waals surface area contributed by atoms with E-state index in [2.05, 4.69) is 26.1 Å². The third-order valence-corrected chi connectivity index (χ3v) is 5.57. The van der Waals surface area contributed by atoms with Crippen LogP contribution in [0.2, 0.25) is 5.02 Å². The second-order valence-corrected chi connectivity index (χ2v) is 7.21. The number of carbonyl (C=O) groups excluding carboxylic acids is 1. The first-order valence-electron chi connectivity index (χ1n) is 7.61. The van der Waals surface area contributed by atoms with E-state index >= 15 is 0 Å². The van der Waals surface area contributed by atoms with Crippen molar-refractivity contribution in [2.24, 2.45) is 0 Å². The molecule has 2 saturated heterocycles. The number of benzene rings is 1. The number of nitrogens with zero attached hydrogens (tertiary/aromatic N) is 1. The number of fused-ring (bicyclic) bond motifs is 2. The number of rotatable bonds is 3. The molecule has 1 aromatic carbocycles. The lowest BCUT2D eigenvalue weighted by Gasteiger charge is -2.28. The van der Waals surface area contributed by atoms with Crippen LogP contribution in [0.5, 0.6) is 0 Å². The summed E-state index contributed by atoms with van der Waals surface area (Å²) in [5, 5.41) is 4.16. The summed E-state index contributed by atoms with van der Waals surface area (Å²) in [6.07, 6.45) is 4.70. The first-order chi connectivity index (χ1) is 10.1. The number of carbonyl (C=O) groups is 1. The van der Waals surface area contributed by atoms with Gasteiger partial charge in [0.25, 0.3) is 0 Å². The van der Waals surface area contributed by atoms with Gasteiger partial charge in [-0.1, -0.05) is 27.5 Å². The minimum Gasteiger partial charge on any atom is -0.335 e. The molecule has 2 heterocycles. The molecule has 1 amide bonds. The van der Waals surface area contributed by atoms with Crippen molar-refractivity contribution in [3.63, 3.8) is 0 Å². The zero-order valence-corrected chi connectivity index (χ0v) is 15.5. The number of amides is 1. The second kappa shape index (κ2) is 8.00. The Labute approximate surface area is 151 Å². The van der Waals surface area contributed by atoms with Gasteiger partial charge in [-0.15, -0.1) is 12.4 Å². The molecule has 1 N–H and O–H groups in total.